The molecule has 1 atom stereocenters. The van der Waals surface area contributed by atoms with Gasteiger partial charge < -0.3 is 15.0 Å². The number of ether oxygens (including phenoxy) is 1. The van der Waals surface area contributed by atoms with Crippen molar-refractivity contribution in [2.45, 2.75) is 46.1 Å². The van der Waals surface area contributed by atoms with E-state index in [0.717, 1.165) is 12.1 Å². The van der Waals surface area contributed by atoms with E-state index in [9.17, 15) is 9.59 Å². The molecule has 1 N–H and O–H groups in total. The molecule has 0 saturated carbocycles. The van der Waals surface area contributed by atoms with Gasteiger partial charge in [-0.25, -0.2) is 0 Å². The highest BCUT2D eigenvalue weighted by molar-refractivity contribution is 6.01. The summed E-state index contributed by atoms with van der Waals surface area (Å²) in [6, 6.07) is 7.46. The molecule has 0 radical (unpaired) electrons. The molecule has 1 saturated heterocycles. The van der Waals surface area contributed by atoms with E-state index in [4.69, 9.17) is 4.74 Å². The number of carbonyl (C=O) groups is 2. The second kappa shape index (κ2) is 7.02. The van der Waals surface area contributed by atoms with Gasteiger partial charge in [0.2, 0.25) is 11.8 Å². The van der Waals surface area contributed by atoms with Crippen molar-refractivity contribution in [2.24, 2.45) is 5.92 Å². The number of hydrogen-bond acceptors (Lipinski definition) is 3. The van der Waals surface area contributed by atoms with E-state index >= 15 is 0 Å². The molecule has 0 aliphatic carbocycles. The molecule has 1 unspecified atom stereocenters. The van der Waals surface area contributed by atoms with Crippen LogP contribution in [0.15, 0.2) is 24.3 Å². The fraction of sp³-hybridized carbons (Fsp3) is 0.556. The third-order valence-electron chi connectivity index (χ3n) is 4.30. The maximum atomic E-state index is 12.4. The first-order valence-electron chi connectivity index (χ1n) is 8.22. The number of carbonyl (C=O) groups excluding carboxylic acids is 2. The van der Waals surface area contributed by atoms with Gasteiger partial charge in [0.15, 0.2) is 0 Å². The van der Waals surface area contributed by atoms with E-state index in [2.05, 4.69) is 5.32 Å². The zero-order valence-electron chi connectivity index (χ0n) is 14.4. The van der Waals surface area contributed by atoms with Crippen molar-refractivity contribution in [3.05, 3.63) is 24.3 Å². The number of amides is 2. The number of para-hydroxylation sites is 2. The van der Waals surface area contributed by atoms with Crippen LogP contribution >= 0.6 is 0 Å². The molecule has 2 rings (SSSR count). The van der Waals surface area contributed by atoms with E-state index in [1.165, 1.54) is 0 Å². The molecule has 5 heteroatoms. The van der Waals surface area contributed by atoms with Crippen LogP contribution in [0.1, 0.15) is 40.5 Å². The molecule has 0 bridgehead atoms. The molecule has 1 aliphatic rings. The first-order valence-corrected chi connectivity index (χ1v) is 8.22. The van der Waals surface area contributed by atoms with Crippen LogP contribution in [-0.4, -0.2) is 30.5 Å². The van der Waals surface area contributed by atoms with E-state index in [0.29, 0.717) is 18.9 Å². The van der Waals surface area contributed by atoms with Crippen LogP contribution in [0.4, 0.5) is 5.69 Å². The lowest BCUT2D eigenvalue weighted by Crippen LogP contribution is -2.46. The molecule has 0 aromatic heterocycles. The second-order valence-electron chi connectivity index (χ2n) is 6.53. The van der Waals surface area contributed by atoms with Crippen molar-refractivity contribution in [3.8, 4) is 5.75 Å². The Morgan fingerprint density at radius 3 is 2.70 bits per heavy atom. The monoisotopic (exact) mass is 318 g/mol. The summed E-state index contributed by atoms with van der Waals surface area (Å²) >= 11 is 0. The highest BCUT2D eigenvalue weighted by Gasteiger charge is 2.37. The van der Waals surface area contributed by atoms with Crippen molar-refractivity contribution in [3.63, 3.8) is 0 Å². The Morgan fingerprint density at radius 1 is 1.35 bits per heavy atom. The molecule has 1 aromatic rings. The van der Waals surface area contributed by atoms with Crippen LogP contribution in [0.2, 0.25) is 0 Å². The Hall–Kier alpha value is -2.04. The van der Waals surface area contributed by atoms with Crippen molar-refractivity contribution in [1.82, 2.24) is 5.32 Å². The third kappa shape index (κ3) is 4.03. The lowest BCUT2D eigenvalue weighted by molar-refractivity contribution is -0.127. The van der Waals surface area contributed by atoms with Gasteiger partial charge in [-0.05, 0) is 39.3 Å². The maximum absolute atomic E-state index is 12.4. The molecule has 2 amide bonds. The summed E-state index contributed by atoms with van der Waals surface area (Å²) in [5, 5.41) is 3.03. The Labute approximate surface area is 138 Å². The number of nitrogens with zero attached hydrogens (tertiary/aromatic N) is 1. The molecule has 23 heavy (non-hydrogen) atoms. The van der Waals surface area contributed by atoms with Gasteiger partial charge in [0.05, 0.1) is 18.2 Å². The van der Waals surface area contributed by atoms with Crippen LogP contribution in [0, 0.1) is 5.92 Å². The van der Waals surface area contributed by atoms with Crippen LogP contribution in [-0.2, 0) is 9.59 Å². The van der Waals surface area contributed by atoms with E-state index in [1.807, 2.05) is 52.0 Å². The average Bonchev–Trinajstić information content (AvgIpc) is 2.90. The predicted octanol–water partition coefficient (Wildman–Crippen LogP) is 2.74. The number of hydrogen-bond donors (Lipinski definition) is 1. The highest BCUT2D eigenvalue weighted by atomic mass is 16.5. The first-order chi connectivity index (χ1) is 10.9. The van der Waals surface area contributed by atoms with Gasteiger partial charge in [-0.3, -0.25) is 9.59 Å². The number of nitrogens with one attached hydrogen (secondary N) is 1. The van der Waals surface area contributed by atoms with Crippen LogP contribution in [0.25, 0.3) is 0 Å². The van der Waals surface area contributed by atoms with Gasteiger partial charge in [0, 0.05) is 18.5 Å². The van der Waals surface area contributed by atoms with Gasteiger partial charge in [-0.15, -0.1) is 0 Å². The summed E-state index contributed by atoms with van der Waals surface area (Å²) in [5.74, 6) is 0.273. The molecule has 5 nitrogen and oxygen atoms in total. The third-order valence-corrected chi connectivity index (χ3v) is 4.30. The molecule has 1 aromatic carbocycles. The van der Waals surface area contributed by atoms with Gasteiger partial charge in [0.1, 0.15) is 5.75 Å². The highest BCUT2D eigenvalue weighted by Crippen LogP contribution is 2.33. The van der Waals surface area contributed by atoms with Crippen molar-refractivity contribution >= 4 is 17.5 Å². The fourth-order valence-corrected chi connectivity index (χ4v) is 2.60. The van der Waals surface area contributed by atoms with Crippen molar-refractivity contribution in [2.75, 3.05) is 18.1 Å². The summed E-state index contributed by atoms with van der Waals surface area (Å²) in [7, 11) is 0. The lowest BCUT2D eigenvalue weighted by atomic mass is 9.99. The maximum Gasteiger partial charge on any atom is 0.227 e. The lowest BCUT2D eigenvalue weighted by Gasteiger charge is -2.26. The number of anilines is 1. The van der Waals surface area contributed by atoms with Crippen LogP contribution < -0.4 is 15.0 Å². The molecular weight excluding hydrogens is 292 g/mol. The minimum Gasteiger partial charge on any atom is -0.492 e. The summed E-state index contributed by atoms with van der Waals surface area (Å²) in [4.78, 5) is 26.5. The van der Waals surface area contributed by atoms with Gasteiger partial charge in [-0.1, -0.05) is 19.1 Å². The fourth-order valence-electron chi connectivity index (χ4n) is 2.60. The topological polar surface area (TPSA) is 58.6 Å². The molecule has 1 heterocycles. The van der Waals surface area contributed by atoms with Gasteiger partial charge in [0.25, 0.3) is 0 Å². The zero-order valence-corrected chi connectivity index (χ0v) is 14.4. The smallest absolute Gasteiger partial charge is 0.227 e. The average molecular weight is 318 g/mol. The standard InChI is InChI=1S/C18H26N2O3/c1-5-18(3,4)19-17(22)13-11-16(21)20(12-13)14-9-7-8-10-15(14)23-6-2/h7-10,13H,5-6,11-12H2,1-4H3,(H,19,22). The first kappa shape index (κ1) is 17.3. The van der Waals surface area contributed by atoms with Crippen LogP contribution in [0.3, 0.4) is 0 Å². The molecule has 126 valence electrons. The minimum absolute atomic E-state index is 0.0355. The van der Waals surface area contributed by atoms with E-state index < -0.39 is 0 Å². The normalized spacial score (nSPS) is 18.2. The summed E-state index contributed by atoms with van der Waals surface area (Å²) in [5.41, 5.74) is 0.487. The van der Waals surface area contributed by atoms with Gasteiger partial charge >= 0.3 is 0 Å². The van der Waals surface area contributed by atoms with E-state index in [1.54, 1.807) is 4.90 Å². The Balaban J connectivity index is 2.13. The molecule has 0 spiro atoms. The zero-order chi connectivity index (χ0) is 17.0. The Kier molecular flexibility index (Phi) is 5.29. The summed E-state index contributed by atoms with van der Waals surface area (Å²) in [6.07, 6.45) is 1.09. The van der Waals surface area contributed by atoms with E-state index in [-0.39, 0.29) is 29.7 Å². The largest absolute Gasteiger partial charge is 0.492 e. The number of benzene rings is 1. The van der Waals surface area contributed by atoms with Crippen molar-refractivity contribution in [1.29, 1.82) is 0 Å². The molecular formula is C18H26N2O3. The predicted molar refractivity (Wildman–Crippen MR) is 90.6 cm³/mol. The number of rotatable bonds is 6. The molecule has 1 fully saturated rings. The van der Waals surface area contributed by atoms with Gasteiger partial charge in [-0.2, -0.15) is 0 Å². The summed E-state index contributed by atoms with van der Waals surface area (Å²) in [6.45, 7) is 8.85. The second-order valence-corrected chi connectivity index (χ2v) is 6.53. The Morgan fingerprint density at radius 2 is 2.04 bits per heavy atom. The van der Waals surface area contributed by atoms with Crippen LogP contribution in [0.5, 0.6) is 5.75 Å². The Bertz CT molecular complexity index is 583. The summed E-state index contributed by atoms with van der Waals surface area (Å²) < 4.78 is 5.60. The quantitative estimate of drug-likeness (QED) is 0.877. The molecule has 1 aliphatic heterocycles. The SMILES string of the molecule is CCOc1ccccc1N1CC(C(=O)NC(C)(C)CC)CC1=O. The van der Waals surface area contributed by atoms with Crippen molar-refractivity contribution < 1.29 is 14.3 Å². The minimum atomic E-state index is -0.317.